The van der Waals surface area contributed by atoms with Gasteiger partial charge in [-0.2, -0.15) is 0 Å². The molecule has 1 heterocycles. The molecule has 0 aromatic carbocycles. The lowest BCUT2D eigenvalue weighted by Gasteiger charge is -2.24. The van der Waals surface area contributed by atoms with E-state index in [0.29, 0.717) is 6.04 Å². The molecular weight excluding hydrogens is 184 g/mol. The first-order chi connectivity index (χ1) is 7.27. The SMILES string of the molecule is C=CCC[C@@H](C)NC[C@H]1CCCN1CC. The summed E-state index contributed by atoms with van der Waals surface area (Å²) in [5.74, 6) is 0. The monoisotopic (exact) mass is 210 g/mol. The second-order valence-corrected chi connectivity index (χ2v) is 4.60. The van der Waals surface area contributed by atoms with Gasteiger partial charge in [0.1, 0.15) is 0 Å². The van der Waals surface area contributed by atoms with Gasteiger partial charge in [0.25, 0.3) is 0 Å². The average molecular weight is 210 g/mol. The van der Waals surface area contributed by atoms with E-state index in [1.807, 2.05) is 6.08 Å². The molecule has 15 heavy (non-hydrogen) atoms. The van der Waals surface area contributed by atoms with Crippen LogP contribution < -0.4 is 5.32 Å². The molecule has 2 heteroatoms. The van der Waals surface area contributed by atoms with Crippen molar-refractivity contribution in [2.75, 3.05) is 19.6 Å². The molecule has 88 valence electrons. The molecule has 0 spiro atoms. The molecule has 0 aromatic rings. The highest BCUT2D eigenvalue weighted by Crippen LogP contribution is 2.15. The zero-order valence-electron chi connectivity index (χ0n) is 10.3. The lowest BCUT2D eigenvalue weighted by Crippen LogP contribution is -2.40. The topological polar surface area (TPSA) is 15.3 Å². The molecule has 1 N–H and O–H groups in total. The van der Waals surface area contributed by atoms with Crippen molar-refractivity contribution in [1.29, 1.82) is 0 Å². The molecule has 0 saturated carbocycles. The minimum Gasteiger partial charge on any atom is -0.313 e. The van der Waals surface area contributed by atoms with Gasteiger partial charge in [-0.3, -0.25) is 4.90 Å². The van der Waals surface area contributed by atoms with Crippen molar-refractivity contribution in [3.8, 4) is 0 Å². The van der Waals surface area contributed by atoms with Gasteiger partial charge in [-0.1, -0.05) is 13.0 Å². The van der Waals surface area contributed by atoms with E-state index < -0.39 is 0 Å². The number of likely N-dealkylation sites (tertiary alicyclic amines) is 1. The first-order valence-electron chi connectivity index (χ1n) is 6.36. The fourth-order valence-electron chi connectivity index (χ4n) is 2.35. The number of hydrogen-bond donors (Lipinski definition) is 1. The summed E-state index contributed by atoms with van der Waals surface area (Å²) in [6.07, 6.45) is 7.08. The Hall–Kier alpha value is -0.340. The van der Waals surface area contributed by atoms with Crippen LogP contribution in [-0.4, -0.2) is 36.6 Å². The molecule has 0 amide bonds. The Kier molecular flexibility index (Phi) is 5.96. The van der Waals surface area contributed by atoms with Crippen molar-refractivity contribution in [3.05, 3.63) is 12.7 Å². The lowest BCUT2D eigenvalue weighted by atomic mass is 10.1. The maximum atomic E-state index is 3.76. The third kappa shape index (κ3) is 4.35. The van der Waals surface area contributed by atoms with Gasteiger partial charge in [0.05, 0.1) is 0 Å². The van der Waals surface area contributed by atoms with Crippen LogP contribution in [0.15, 0.2) is 12.7 Å². The average Bonchev–Trinajstić information content (AvgIpc) is 2.70. The van der Waals surface area contributed by atoms with E-state index >= 15 is 0 Å². The Bertz CT molecular complexity index is 179. The summed E-state index contributed by atoms with van der Waals surface area (Å²) in [6, 6.07) is 1.41. The first-order valence-corrected chi connectivity index (χ1v) is 6.36. The van der Waals surface area contributed by atoms with E-state index in [0.717, 1.165) is 19.0 Å². The Morgan fingerprint density at radius 2 is 2.40 bits per heavy atom. The molecule has 1 fully saturated rings. The van der Waals surface area contributed by atoms with Gasteiger partial charge in [0.2, 0.25) is 0 Å². The van der Waals surface area contributed by atoms with Crippen LogP contribution in [0.5, 0.6) is 0 Å². The molecule has 1 aliphatic heterocycles. The van der Waals surface area contributed by atoms with Crippen molar-refractivity contribution in [2.24, 2.45) is 0 Å². The van der Waals surface area contributed by atoms with E-state index in [2.05, 4.69) is 30.6 Å². The second kappa shape index (κ2) is 7.02. The molecule has 0 aromatic heterocycles. The minimum atomic E-state index is 0.627. The Balaban J connectivity index is 2.15. The van der Waals surface area contributed by atoms with Crippen LogP contribution in [0.2, 0.25) is 0 Å². The molecule has 0 aliphatic carbocycles. The third-order valence-electron chi connectivity index (χ3n) is 3.41. The molecule has 0 radical (unpaired) electrons. The fourth-order valence-corrected chi connectivity index (χ4v) is 2.35. The van der Waals surface area contributed by atoms with E-state index in [1.165, 1.54) is 32.4 Å². The minimum absolute atomic E-state index is 0.627. The Morgan fingerprint density at radius 3 is 3.07 bits per heavy atom. The third-order valence-corrected chi connectivity index (χ3v) is 3.41. The number of hydrogen-bond acceptors (Lipinski definition) is 2. The lowest BCUT2D eigenvalue weighted by molar-refractivity contribution is 0.254. The van der Waals surface area contributed by atoms with Crippen LogP contribution in [0.3, 0.4) is 0 Å². The molecule has 1 saturated heterocycles. The second-order valence-electron chi connectivity index (χ2n) is 4.60. The van der Waals surface area contributed by atoms with Crippen molar-refractivity contribution in [2.45, 2.75) is 51.6 Å². The number of rotatable bonds is 7. The zero-order chi connectivity index (χ0) is 11.1. The van der Waals surface area contributed by atoms with E-state index in [9.17, 15) is 0 Å². The van der Waals surface area contributed by atoms with Crippen molar-refractivity contribution < 1.29 is 0 Å². The maximum Gasteiger partial charge on any atom is 0.0221 e. The normalized spacial score (nSPS) is 24.3. The number of allylic oxidation sites excluding steroid dienone is 1. The summed E-state index contributed by atoms with van der Waals surface area (Å²) in [5, 5.41) is 3.63. The zero-order valence-corrected chi connectivity index (χ0v) is 10.3. The van der Waals surface area contributed by atoms with Crippen molar-refractivity contribution in [3.63, 3.8) is 0 Å². The predicted molar refractivity (Wildman–Crippen MR) is 67.2 cm³/mol. The largest absolute Gasteiger partial charge is 0.313 e. The quantitative estimate of drug-likeness (QED) is 0.649. The standard InChI is InChI=1S/C13H26N2/c1-4-6-8-12(3)14-11-13-9-7-10-15(13)5-2/h4,12-14H,1,5-11H2,2-3H3/t12-,13-/m1/s1. The summed E-state index contributed by atoms with van der Waals surface area (Å²) < 4.78 is 0. The van der Waals surface area contributed by atoms with Crippen LogP contribution in [0.25, 0.3) is 0 Å². The summed E-state index contributed by atoms with van der Waals surface area (Å²) >= 11 is 0. The van der Waals surface area contributed by atoms with Crippen molar-refractivity contribution >= 4 is 0 Å². The highest BCUT2D eigenvalue weighted by atomic mass is 15.2. The van der Waals surface area contributed by atoms with Crippen molar-refractivity contribution in [1.82, 2.24) is 10.2 Å². The van der Waals surface area contributed by atoms with Gasteiger partial charge in [-0.15, -0.1) is 6.58 Å². The van der Waals surface area contributed by atoms with Gasteiger partial charge in [0, 0.05) is 18.6 Å². The molecule has 2 atom stereocenters. The van der Waals surface area contributed by atoms with Crippen LogP contribution >= 0.6 is 0 Å². The van der Waals surface area contributed by atoms with Gasteiger partial charge >= 0.3 is 0 Å². The predicted octanol–water partition coefficient (Wildman–Crippen LogP) is 2.42. The highest BCUT2D eigenvalue weighted by Gasteiger charge is 2.22. The van der Waals surface area contributed by atoms with Crippen LogP contribution in [0.4, 0.5) is 0 Å². The van der Waals surface area contributed by atoms with E-state index in [1.54, 1.807) is 0 Å². The van der Waals surface area contributed by atoms with Crippen LogP contribution in [0.1, 0.15) is 39.5 Å². The molecule has 0 unspecified atom stereocenters. The summed E-state index contributed by atoms with van der Waals surface area (Å²) in [7, 11) is 0. The molecule has 0 bridgehead atoms. The summed E-state index contributed by atoms with van der Waals surface area (Å²) in [5.41, 5.74) is 0. The van der Waals surface area contributed by atoms with E-state index in [4.69, 9.17) is 0 Å². The molecule has 1 rings (SSSR count). The van der Waals surface area contributed by atoms with E-state index in [-0.39, 0.29) is 0 Å². The highest BCUT2D eigenvalue weighted by molar-refractivity contribution is 4.81. The fraction of sp³-hybridized carbons (Fsp3) is 0.846. The first kappa shape index (κ1) is 12.7. The number of nitrogens with zero attached hydrogens (tertiary/aromatic N) is 1. The van der Waals surface area contributed by atoms with Crippen LogP contribution in [-0.2, 0) is 0 Å². The van der Waals surface area contributed by atoms with Gasteiger partial charge in [0.15, 0.2) is 0 Å². The van der Waals surface area contributed by atoms with Crippen LogP contribution in [0, 0.1) is 0 Å². The Morgan fingerprint density at radius 1 is 1.60 bits per heavy atom. The molecular formula is C13H26N2. The van der Waals surface area contributed by atoms with Gasteiger partial charge in [-0.25, -0.2) is 0 Å². The summed E-state index contributed by atoms with van der Waals surface area (Å²) in [4.78, 5) is 2.59. The van der Waals surface area contributed by atoms with Gasteiger partial charge in [-0.05, 0) is 45.7 Å². The summed E-state index contributed by atoms with van der Waals surface area (Å²) in [6.45, 7) is 12.0. The number of nitrogens with one attached hydrogen (secondary N) is 1. The smallest absolute Gasteiger partial charge is 0.0221 e. The Labute approximate surface area is 94.7 Å². The molecule has 1 aliphatic rings. The molecule has 2 nitrogen and oxygen atoms in total. The van der Waals surface area contributed by atoms with Gasteiger partial charge < -0.3 is 5.32 Å². The maximum absolute atomic E-state index is 3.76. The number of likely N-dealkylation sites (N-methyl/N-ethyl adjacent to an activating group) is 1.